The predicted molar refractivity (Wildman–Crippen MR) is 85.3 cm³/mol. The van der Waals surface area contributed by atoms with Gasteiger partial charge in [-0.25, -0.2) is 9.67 Å². The van der Waals surface area contributed by atoms with E-state index < -0.39 is 0 Å². The van der Waals surface area contributed by atoms with Gasteiger partial charge >= 0.3 is 0 Å². The minimum Gasteiger partial charge on any atom is -0.299 e. The van der Waals surface area contributed by atoms with Crippen LogP contribution in [0.4, 0.5) is 0 Å². The number of hydrogen-bond donors (Lipinski definition) is 0. The number of benzene rings is 1. The summed E-state index contributed by atoms with van der Waals surface area (Å²) in [4.78, 5) is 6.94. The van der Waals surface area contributed by atoms with Gasteiger partial charge in [0.2, 0.25) is 0 Å². The van der Waals surface area contributed by atoms with Crippen LogP contribution in [0.15, 0.2) is 48.7 Å². The molecule has 1 aliphatic rings. The molecule has 112 valence electrons. The van der Waals surface area contributed by atoms with Crippen molar-refractivity contribution in [3.63, 3.8) is 0 Å². The van der Waals surface area contributed by atoms with Crippen LogP contribution in [-0.4, -0.2) is 38.0 Å². The fourth-order valence-electron chi connectivity index (χ4n) is 3.19. The number of aromatic nitrogens is 4. The molecule has 5 nitrogen and oxygen atoms in total. The molecule has 0 saturated carbocycles. The number of pyridine rings is 1. The van der Waals surface area contributed by atoms with Crippen LogP contribution in [0.3, 0.4) is 0 Å². The maximum atomic E-state index is 4.43. The summed E-state index contributed by atoms with van der Waals surface area (Å²) >= 11 is 0. The molecule has 5 heteroatoms. The number of piperidine rings is 1. The Hall–Kier alpha value is -2.27. The Morgan fingerprint density at radius 3 is 2.64 bits per heavy atom. The predicted octanol–water partition coefficient (Wildman–Crippen LogP) is 2.66. The van der Waals surface area contributed by atoms with E-state index >= 15 is 0 Å². The molecular weight excluding hydrogens is 274 g/mol. The van der Waals surface area contributed by atoms with Gasteiger partial charge in [-0.2, -0.15) is 0 Å². The minimum absolute atomic E-state index is 0.409. The van der Waals surface area contributed by atoms with Crippen molar-refractivity contribution < 1.29 is 0 Å². The first-order chi connectivity index (χ1) is 10.9. The second-order valence-electron chi connectivity index (χ2n) is 5.87. The van der Waals surface area contributed by atoms with E-state index in [1.54, 1.807) is 0 Å². The quantitative estimate of drug-likeness (QED) is 0.745. The third-order valence-corrected chi connectivity index (χ3v) is 4.38. The van der Waals surface area contributed by atoms with E-state index in [9.17, 15) is 0 Å². The lowest BCUT2D eigenvalue weighted by Crippen LogP contribution is -2.34. The highest BCUT2D eigenvalue weighted by Crippen LogP contribution is 2.25. The number of fused-ring (bicyclic) bond motifs is 1. The molecule has 0 aliphatic carbocycles. The third-order valence-electron chi connectivity index (χ3n) is 4.38. The number of likely N-dealkylation sites (tertiary alicyclic amines) is 1. The van der Waals surface area contributed by atoms with Crippen LogP contribution < -0.4 is 0 Å². The zero-order valence-corrected chi connectivity index (χ0v) is 12.5. The van der Waals surface area contributed by atoms with Crippen molar-refractivity contribution in [2.45, 2.75) is 25.4 Å². The Morgan fingerprint density at radius 1 is 1.00 bits per heavy atom. The normalized spacial score (nSPS) is 17.1. The zero-order valence-electron chi connectivity index (χ0n) is 12.5. The molecule has 22 heavy (non-hydrogen) atoms. The monoisotopic (exact) mass is 293 g/mol. The fourth-order valence-corrected chi connectivity index (χ4v) is 3.19. The van der Waals surface area contributed by atoms with E-state index in [1.165, 1.54) is 5.56 Å². The van der Waals surface area contributed by atoms with Gasteiger partial charge in [0.25, 0.3) is 0 Å². The molecule has 0 unspecified atom stereocenters. The first kappa shape index (κ1) is 13.4. The van der Waals surface area contributed by atoms with Gasteiger partial charge < -0.3 is 0 Å². The smallest absolute Gasteiger partial charge is 0.178 e. The van der Waals surface area contributed by atoms with E-state index in [-0.39, 0.29) is 0 Å². The summed E-state index contributed by atoms with van der Waals surface area (Å²) in [5, 5.41) is 8.53. The first-order valence-electron chi connectivity index (χ1n) is 7.82. The van der Waals surface area contributed by atoms with Crippen LogP contribution >= 0.6 is 0 Å². The van der Waals surface area contributed by atoms with Crippen molar-refractivity contribution in [3.8, 4) is 0 Å². The van der Waals surface area contributed by atoms with Gasteiger partial charge in [0.15, 0.2) is 5.65 Å². The molecular formula is C17H19N5. The molecule has 1 aliphatic heterocycles. The zero-order chi connectivity index (χ0) is 14.8. The second kappa shape index (κ2) is 5.85. The topological polar surface area (TPSA) is 46.8 Å². The molecule has 0 N–H and O–H groups in total. The molecule has 1 aromatic carbocycles. The van der Waals surface area contributed by atoms with Gasteiger partial charge in [-0.15, -0.1) is 5.10 Å². The molecule has 1 saturated heterocycles. The summed E-state index contributed by atoms with van der Waals surface area (Å²) in [6.45, 7) is 3.21. The summed E-state index contributed by atoms with van der Waals surface area (Å²) < 4.78 is 2.01. The van der Waals surface area contributed by atoms with E-state index in [0.29, 0.717) is 6.04 Å². The third kappa shape index (κ3) is 2.60. The molecule has 4 rings (SSSR count). The highest BCUT2D eigenvalue weighted by molar-refractivity contribution is 5.68. The summed E-state index contributed by atoms with van der Waals surface area (Å²) in [7, 11) is 0. The molecule has 3 aromatic rings. The number of hydrogen-bond acceptors (Lipinski definition) is 4. The Morgan fingerprint density at radius 2 is 1.82 bits per heavy atom. The van der Waals surface area contributed by atoms with Crippen LogP contribution in [0, 0.1) is 0 Å². The van der Waals surface area contributed by atoms with E-state index in [4.69, 9.17) is 0 Å². The van der Waals surface area contributed by atoms with Crippen molar-refractivity contribution in [2.75, 3.05) is 13.1 Å². The van der Waals surface area contributed by atoms with Gasteiger partial charge in [-0.05, 0) is 30.5 Å². The summed E-state index contributed by atoms with van der Waals surface area (Å²) in [5.74, 6) is 0. The first-order valence-corrected chi connectivity index (χ1v) is 7.82. The molecule has 0 radical (unpaired) electrons. The Kier molecular flexibility index (Phi) is 3.56. The molecule has 3 heterocycles. The summed E-state index contributed by atoms with van der Waals surface area (Å²) in [6, 6.07) is 15.0. The van der Waals surface area contributed by atoms with Gasteiger partial charge in [0, 0.05) is 25.8 Å². The molecule has 0 bridgehead atoms. The molecule has 0 atom stereocenters. The Labute approximate surface area is 129 Å². The Bertz CT molecular complexity index is 744. The van der Waals surface area contributed by atoms with Crippen molar-refractivity contribution in [1.29, 1.82) is 0 Å². The van der Waals surface area contributed by atoms with Crippen molar-refractivity contribution in [2.24, 2.45) is 0 Å². The maximum absolute atomic E-state index is 4.43. The van der Waals surface area contributed by atoms with Gasteiger partial charge in [-0.3, -0.25) is 4.90 Å². The number of nitrogens with zero attached hydrogens (tertiary/aromatic N) is 5. The van der Waals surface area contributed by atoms with Crippen LogP contribution in [-0.2, 0) is 6.54 Å². The van der Waals surface area contributed by atoms with Crippen LogP contribution in [0.25, 0.3) is 11.2 Å². The average Bonchev–Trinajstić information content (AvgIpc) is 3.01. The lowest BCUT2D eigenvalue weighted by Gasteiger charge is -2.31. The molecule has 1 fully saturated rings. The van der Waals surface area contributed by atoms with Gasteiger partial charge in [0.1, 0.15) is 5.52 Å². The minimum atomic E-state index is 0.409. The summed E-state index contributed by atoms with van der Waals surface area (Å²) in [6.07, 6.45) is 4.01. The Balaban J connectivity index is 1.43. The standard InChI is InChI=1S/C17H19N5/c1-2-5-14(6-3-1)13-21-11-8-15(9-12-21)22-17-16(19-20-22)7-4-10-18-17/h1-7,10,15H,8-9,11-13H2. The van der Waals surface area contributed by atoms with Crippen LogP contribution in [0.2, 0.25) is 0 Å². The van der Waals surface area contributed by atoms with Gasteiger partial charge in [0.05, 0.1) is 6.04 Å². The van der Waals surface area contributed by atoms with E-state index in [0.717, 1.165) is 43.6 Å². The van der Waals surface area contributed by atoms with Gasteiger partial charge in [-0.1, -0.05) is 35.5 Å². The van der Waals surface area contributed by atoms with Crippen LogP contribution in [0.5, 0.6) is 0 Å². The van der Waals surface area contributed by atoms with E-state index in [1.807, 2.05) is 23.0 Å². The largest absolute Gasteiger partial charge is 0.299 e. The summed E-state index contributed by atoms with van der Waals surface area (Å²) in [5.41, 5.74) is 3.17. The fraction of sp³-hybridized carbons (Fsp3) is 0.353. The SMILES string of the molecule is c1ccc(CN2CCC(n3nnc4cccnc43)CC2)cc1. The second-order valence-corrected chi connectivity index (χ2v) is 5.87. The lowest BCUT2D eigenvalue weighted by atomic mass is 10.0. The lowest BCUT2D eigenvalue weighted by molar-refractivity contribution is 0.174. The maximum Gasteiger partial charge on any atom is 0.178 e. The van der Waals surface area contributed by atoms with Crippen molar-refractivity contribution in [3.05, 3.63) is 54.2 Å². The highest BCUT2D eigenvalue weighted by Gasteiger charge is 2.23. The number of rotatable bonds is 3. The van der Waals surface area contributed by atoms with Crippen molar-refractivity contribution >= 4 is 11.2 Å². The van der Waals surface area contributed by atoms with Crippen LogP contribution in [0.1, 0.15) is 24.4 Å². The average molecular weight is 293 g/mol. The highest BCUT2D eigenvalue weighted by atomic mass is 15.5. The molecule has 2 aromatic heterocycles. The molecule has 0 spiro atoms. The molecule has 0 amide bonds. The van der Waals surface area contributed by atoms with Crippen molar-refractivity contribution in [1.82, 2.24) is 24.9 Å². The van der Waals surface area contributed by atoms with E-state index in [2.05, 4.69) is 50.5 Å².